The first kappa shape index (κ1) is 14.3. The van der Waals surface area contributed by atoms with Crippen LogP contribution in [0.5, 0.6) is 0 Å². The van der Waals surface area contributed by atoms with Crippen molar-refractivity contribution in [2.75, 3.05) is 0 Å². The van der Waals surface area contributed by atoms with Crippen molar-refractivity contribution in [1.29, 1.82) is 0 Å². The van der Waals surface area contributed by atoms with Crippen LogP contribution >= 0.6 is 11.6 Å². The smallest absolute Gasteiger partial charge is 0.411 e. The molecule has 0 aromatic carbocycles. The van der Waals surface area contributed by atoms with Gasteiger partial charge in [-0.1, -0.05) is 21.9 Å². The van der Waals surface area contributed by atoms with Gasteiger partial charge in [0, 0.05) is 12.3 Å². The summed E-state index contributed by atoms with van der Waals surface area (Å²) in [6.07, 6.45) is -3.87. The monoisotopic (exact) mass is 305 g/mol. The molecule has 0 unspecified atom stereocenters. The number of halogens is 4. The molecule has 0 bridgehead atoms. The highest BCUT2D eigenvalue weighted by Gasteiger charge is 2.32. The van der Waals surface area contributed by atoms with Crippen molar-refractivity contribution in [3.8, 4) is 11.4 Å². The van der Waals surface area contributed by atoms with E-state index >= 15 is 0 Å². The molecule has 2 aromatic heterocycles. The maximum atomic E-state index is 12.5. The number of rotatable bonds is 2. The van der Waals surface area contributed by atoms with Crippen LogP contribution in [0.25, 0.3) is 11.4 Å². The highest BCUT2D eigenvalue weighted by atomic mass is 35.5. The van der Waals surface area contributed by atoms with Gasteiger partial charge in [-0.15, -0.1) is 0 Å². The molecule has 1 N–H and O–H groups in total. The minimum atomic E-state index is -4.52. The Bertz CT molecular complexity index is 667. The van der Waals surface area contributed by atoms with Crippen molar-refractivity contribution in [2.24, 2.45) is 5.16 Å². The molecule has 0 spiro atoms. The molecule has 5 nitrogen and oxygen atoms in total. The number of nitrogens with zero attached hydrogens (tertiary/aromatic N) is 3. The summed E-state index contributed by atoms with van der Waals surface area (Å²) < 4.78 is 42.3. The van der Waals surface area contributed by atoms with Gasteiger partial charge < -0.3 is 9.73 Å². The third-order valence-corrected chi connectivity index (χ3v) is 2.72. The van der Waals surface area contributed by atoms with Crippen LogP contribution in [0, 0.1) is 0 Å². The van der Waals surface area contributed by atoms with E-state index in [0.717, 1.165) is 6.07 Å². The summed E-state index contributed by atoms with van der Waals surface area (Å²) in [6, 6.07) is 2.11. The predicted octanol–water partition coefficient (Wildman–Crippen LogP) is 3.61. The zero-order chi connectivity index (χ0) is 14.9. The predicted molar refractivity (Wildman–Crippen MR) is 63.7 cm³/mol. The molecule has 0 fully saturated rings. The first-order valence-corrected chi connectivity index (χ1v) is 5.59. The normalized spacial score (nSPS) is 12.8. The first-order valence-electron chi connectivity index (χ1n) is 5.22. The molecule has 0 atom stereocenters. The molecule has 0 aliphatic heterocycles. The van der Waals surface area contributed by atoms with E-state index in [1.165, 1.54) is 13.0 Å². The zero-order valence-electron chi connectivity index (χ0n) is 9.94. The van der Waals surface area contributed by atoms with E-state index in [9.17, 15) is 13.2 Å². The van der Waals surface area contributed by atoms with E-state index in [1.807, 2.05) is 0 Å². The average molecular weight is 306 g/mol. The fraction of sp³-hybridized carbons (Fsp3) is 0.182. The molecule has 20 heavy (non-hydrogen) atoms. The van der Waals surface area contributed by atoms with Gasteiger partial charge >= 0.3 is 6.18 Å². The van der Waals surface area contributed by atoms with Gasteiger partial charge in [-0.05, 0) is 13.0 Å². The lowest BCUT2D eigenvalue weighted by Gasteiger charge is -2.07. The number of hydrogen-bond acceptors (Lipinski definition) is 5. The summed E-state index contributed by atoms with van der Waals surface area (Å²) in [5, 5.41) is 14.9. The molecule has 2 heterocycles. The average Bonchev–Trinajstić information content (AvgIpc) is 2.86. The molecule has 2 aromatic rings. The van der Waals surface area contributed by atoms with E-state index in [1.54, 1.807) is 0 Å². The fourth-order valence-corrected chi connectivity index (χ4v) is 1.65. The number of hydrogen-bond donors (Lipinski definition) is 1. The largest absolute Gasteiger partial charge is 0.417 e. The molecule has 0 aliphatic rings. The fourth-order valence-electron chi connectivity index (χ4n) is 1.39. The van der Waals surface area contributed by atoms with Crippen molar-refractivity contribution in [3.05, 3.63) is 34.7 Å². The van der Waals surface area contributed by atoms with Gasteiger partial charge in [0.05, 0.1) is 10.6 Å². The molecular weight excluding hydrogens is 299 g/mol. The Morgan fingerprint density at radius 2 is 2.10 bits per heavy atom. The van der Waals surface area contributed by atoms with Crippen LogP contribution in [0.3, 0.4) is 0 Å². The van der Waals surface area contributed by atoms with E-state index in [0.29, 0.717) is 6.20 Å². The van der Waals surface area contributed by atoms with Crippen molar-refractivity contribution in [2.45, 2.75) is 13.1 Å². The Kier molecular flexibility index (Phi) is 3.67. The van der Waals surface area contributed by atoms with Gasteiger partial charge in [0.1, 0.15) is 17.1 Å². The lowest BCUT2D eigenvalue weighted by molar-refractivity contribution is -0.137. The summed E-state index contributed by atoms with van der Waals surface area (Å²) in [6.45, 7) is 1.46. The van der Waals surface area contributed by atoms with E-state index < -0.39 is 11.7 Å². The first-order chi connectivity index (χ1) is 9.32. The summed E-state index contributed by atoms with van der Waals surface area (Å²) >= 11 is 5.77. The second kappa shape index (κ2) is 5.12. The van der Waals surface area contributed by atoms with Crippen LogP contribution in [0.1, 0.15) is 18.2 Å². The Hall–Kier alpha value is -2.09. The Morgan fingerprint density at radius 3 is 2.65 bits per heavy atom. The molecule has 0 aliphatic carbocycles. The Morgan fingerprint density at radius 1 is 1.40 bits per heavy atom. The van der Waals surface area contributed by atoms with Crippen LogP contribution in [-0.2, 0) is 6.18 Å². The third kappa shape index (κ3) is 2.74. The molecule has 0 saturated heterocycles. The maximum absolute atomic E-state index is 12.5. The molecule has 9 heteroatoms. The second-order valence-electron chi connectivity index (χ2n) is 3.81. The molecule has 106 valence electrons. The highest BCUT2D eigenvalue weighted by Crippen LogP contribution is 2.33. The van der Waals surface area contributed by atoms with Gasteiger partial charge in [0.2, 0.25) is 0 Å². The Balaban J connectivity index is 2.41. The number of pyridine rings is 1. The summed E-state index contributed by atoms with van der Waals surface area (Å²) in [7, 11) is 0. The standard InChI is InChI=1S/C11H7ClF3N3O2/c1-5(17-19)9-3-8(18-20-9)10-7(12)2-6(4-16-10)11(13,14)15/h2-4,19H,1H3. The van der Waals surface area contributed by atoms with Crippen LogP contribution in [0.4, 0.5) is 13.2 Å². The molecular formula is C11H7ClF3N3O2. The SMILES string of the molecule is CC(=NO)c1cc(-c2ncc(C(F)(F)F)cc2Cl)no1. The third-order valence-electron chi connectivity index (χ3n) is 2.43. The molecule has 0 saturated carbocycles. The van der Waals surface area contributed by atoms with Crippen molar-refractivity contribution in [1.82, 2.24) is 10.1 Å². The van der Waals surface area contributed by atoms with Gasteiger partial charge in [-0.2, -0.15) is 13.2 Å². The van der Waals surface area contributed by atoms with Crippen LogP contribution < -0.4 is 0 Å². The van der Waals surface area contributed by atoms with Gasteiger partial charge in [0.15, 0.2) is 5.76 Å². The quantitative estimate of drug-likeness (QED) is 0.522. The van der Waals surface area contributed by atoms with E-state index in [4.69, 9.17) is 21.3 Å². The van der Waals surface area contributed by atoms with Crippen LogP contribution in [0.2, 0.25) is 5.02 Å². The molecule has 2 rings (SSSR count). The lowest BCUT2D eigenvalue weighted by Crippen LogP contribution is -2.05. The van der Waals surface area contributed by atoms with Gasteiger partial charge in [-0.3, -0.25) is 4.98 Å². The van der Waals surface area contributed by atoms with Crippen LogP contribution in [-0.4, -0.2) is 21.1 Å². The lowest BCUT2D eigenvalue weighted by atomic mass is 10.2. The van der Waals surface area contributed by atoms with Gasteiger partial charge in [0.25, 0.3) is 0 Å². The van der Waals surface area contributed by atoms with Crippen LogP contribution in [0.15, 0.2) is 28.0 Å². The zero-order valence-corrected chi connectivity index (χ0v) is 10.7. The maximum Gasteiger partial charge on any atom is 0.417 e. The number of oxime groups is 1. The number of aromatic nitrogens is 2. The summed E-state index contributed by atoms with van der Waals surface area (Å²) in [5.74, 6) is 0.153. The van der Waals surface area contributed by atoms with Crippen molar-refractivity contribution in [3.63, 3.8) is 0 Å². The second-order valence-corrected chi connectivity index (χ2v) is 4.22. The van der Waals surface area contributed by atoms with Gasteiger partial charge in [-0.25, -0.2) is 0 Å². The summed E-state index contributed by atoms with van der Waals surface area (Å²) in [4.78, 5) is 3.64. The summed E-state index contributed by atoms with van der Waals surface area (Å²) in [5.41, 5.74) is -0.614. The topological polar surface area (TPSA) is 71.5 Å². The van der Waals surface area contributed by atoms with E-state index in [2.05, 4.69) is 15.3 Å². The Labute approximate surface area is 115 Å². The highest BCUT2D eigenvalue weighted by molar-refractivity contribution is 6.33. The van der Waals surface area contributed by atoms with E-state index in [-0.39, 0.29) is 27.9 Å². The minimum absolute atomic E-state index is 0.0420. The minimum Gasteiger partial charge on any atom is -0.411 e. The van der Waals surface area contributed by atoms with Crippen molar-refractivity contribution < 1.29 is 22.9 Å². The number of alkyl halides is 3. The van der Waals surface area contributed by atoms with Crippen molar-refractivity contribution >= 4 is 17.3 Å². The molecule has 0 radical (unpaired) electrons. The molecule has 0 amide bonds.